The van der Waals surface area contributed by atoms with Crippen LogP contribution in [0.25, 0.3) is 0 Å². The number of rotatable bonds is 0. The van der Waals surface area contributed by atoms with Crippen molar-refractivity contribution in [2.75, 3.05) is 0 Å². The van der Waals surface area contributed by atoms with Crippen molar-refractivity contribution in [1.82, 2.24) is 5.32 Å². The normalized spacial score (nSPS) is 21.8. The van der Waals surface area contributed by atoms with Crippen LogP contribution >= 0.6 is 0 Å². The Kier molecular flexibility index (Phi) is 1.78. The van der Waals surface area contributed by atoms with Gasteiger partial charge in [-0.3, -0.25) is 9.79 Å². The van der Waals surface area contributed by atoms with Gasteiger partial charge in [0.2, 0.25) is 5.91 Å². The van der Waals surface area contributed by atoms with E-state index in [4.69, 9.17) is 0 Å². The van der Waals surface area contributed by atoms with E-state index in [-0.39, 0.29) is 5.91 Å². The summed E-state index contributed by atoms with van der Waals surface area (Å²) >= 11 is 0. The number of hydrogen-bond acceptors (Lipinski definition) is 2. The fraction of sp³-hybridized carbons (Fsp3) is 0.333. The molecule has 0 aromatic carbocycles. The summed E-state index contributed by atoms with van der Waals surface area (Å²) in [6.45, 7) is 0. The Morgan fingerprint density at radius 1 is 1.42 bits per heavy atom. The van der Waals surface area contributed by atoms with E-state index < -0.39 is 0 Å². The smallest absolute Gasteiger partial charge is 0.224 e. The quantitative estimate of drug-likeness (QED) is 0.570. The lowest BCUT2D eigenvalue weighted by Crippen LogP contribution is -2.32. The van der Waals surface area contributed by atoms with Crippen molar-refractivity contribution in [3.63, 3.8) is 0 Å². The Balaban J connectivity index is 2.28. The maximum absolute atomic E-state index is 11.0. The van der Waals surface area contributed by atoms with Crippen LogP contribution in [-0.2, 0) is 4.79 Å². The van der Waals surface area contributed by atoms with Crippen molar-refractivity contribution in [3.05, 3.63) is 24.0 Å². The van der Waals surface area contributed by atoms with Crippen LogP contribution in [0.5, 0.6) is 0 Å². The van der Waals surface area contributed by atoms with Crippen molar-refractivity contribution in [3.8, 4) is 0 Å². The molecule has 0 spiro atoms. The Labute approximate surface area is 70.9 Å². The molecule has 1 fully saturated rings. The van der Waals surface area contributed by atoms with Gasteiger partial charge < -0.3 is 5.32 Å². The van der Waals surface area contributed by atoms with Gasteiger partial charge in [-0.2, -0.15) is 0 Å². The van der Waals surface area contributed by atoms with Crippen LogP contribution in [-0.4, -0.2) is 11.6 Å². The van der Waals surface area contributed by atoms with Gasteiger partial charge in [0.15, 0.2) is 0 Å². The molecule has 0 atom stereocenters. The van der Waals surface area contributed by atoms with Gasteiger partial charge in [-0.1, -0.05) is 12.2 Å². The highest BCUT2D eigenvalue weighted by Gasteiger charge is 2.17. The lowest BCUT2D eigenvalue weighted by Gasteiger charge is -2.16. The fourth-order valence-electron chi connectivity index (χ4n) is 1.34. The van der Waals surface area contributed by atoms with Crippen LogP contribution in [0.1, 0.15) is 19.3 Å². The minimum atomic E-state index is 0.0992. The maximum atomic E-state index is 11.0. The van der Waals surface area contributed by atoms with E-state index >= 15 is 0 Å². The Hall–Kier alpha value is -1.38. The number of allylic oxidation sites excluding steroid dienone is 3. The molecule has 0 saturated carbocycles. The summed E-state index contributed by atoms with van der Waals surface area (Å²) in [6.07, 6.45) is 7.95. The second-order valence-corrected chi connectivity index (χ2v) is 2.86. The van der Waals surface area contributed by atoms with Gasteiger partial charge in [-0.25, -0.2) is 0 Å². The van der Waals surface area contributed by atoms with Gasteiger partial charge in [0, 0.05) is 19.0 Å². The zero-order valence-electron chi connectivity index (χ0n) is 6.71. The van der Waals surface area contributed by atoms with Crippen LogP contribution in [0.3, 0.4) is 0 Å². The highest BCUT2D eigenvalue weighted by atomic mass is 16.1. The summed E-state index contributed by atoms with van der Waals surface area (Å²) < 4.78 is 0. The number of amides is 1. The highest BCUT2D eigenvalue weighted by Crippen LogP contribution is 2.12. The van der Waals surface area contributed by atoms with E-state index in [0.717, 1.165) is 24.3 Å². The number of aliphatic imine (C=N–C) groups is 1. The van der Waals surface area contributed by atoms with E-state index in [2.05, 4.69) is 10.3 Å². The molecule has 12 heavy (non-hydrogen) atoms. The van der Waals surface area contributed by atoms with Crippen LogP contribution in [0.2, 0.25) is 0 Å². The summed E-state index contributed by atoms with van der Waals surface area (Å²) in [7, 11) is 0. The van der Waals surface area contributed by atoms with E-state index in [1.165, 1.54) is 0 Å². The molecule has 1 saturated heterocycles. The SMILES string of the molecule is O=C1CCC2=NC=CCC=C2N1. The summed E-state index contributed by atoms with van der Waals surface area (Å²) in [6, 6.07) is 0. The lowest BCUT2D eigenvalue weighted by atomic mass is 10.1. The molecular formula is C9H10N2O. The third-order valence-electron chi connectivity index (χ3n) is 1.97. The van der Waals surface area contributed by atoms with Crippen molar-refractivity contribution in [1.29, 1.82) is 0 Å². The molecule has 3 nitrogen and oxygen atoms in total. The van der Waals surface area contributed by atoms with Crippen molar-refractivity contribution in [2.24, 2.45) is 4.99 Å². The molecule has 0 radical (unpaired) electrons. The molecule has 2 aliphatic heterocycles. The first-order chi connectivity index (χ1) is 5.86. The third kappa shape index (κ3) is 1.30. The second kappa shape index (κ2) is 2.93. The molecule has 0 unspecified atom stereocenters. The number of nitrogens with zero attached hydrogens (tertiary/aromatic N) is 1. The van der Waals surface area contributed by atoms with Crippen LogP contribution < -0.4 is 5.32 Å². The zero-order valence-corrected chi connectivity index (χ0v) is 6.71. The molecule has 2 rings (SSSR count). The number of nitrogens with one attached hydrogen (secondary N) is 1. The number of hydrogen-bond donors (Lipinski definition) is 1. The predicted molar refractivity (Wildman–Crippen MR) is 46.7 cm³/mol. The number of carbonyl (C=O) groups is 1. The van der Waals surface area contributed by atoms with E-state index in [9.17, 15) is 4.79 Å². The molecule has 3 heteroatoms. The van der Waals surface area contributed by atoms with E-state index in [1.54, 1.807) is 6.20 Å². The van der Waals surface area contributed by atoms with Gasteiger partial charge in [-0.15, -0.1) is 0 Å². The molecule has 1 amide bonds. The van der Waals surface area contributed by atoms with Crippen molar-refractivity contribution < 1.29 is 4.79 Å². The van der Waals surface area contributed by atoms with Gasteiger partial charge in [0.05, 0.1) is 11.4 Å². The van der Waals surface area contributed by atoms with Crippen LogP contribution in [0.15, 0.2) is 29.0 Å². The van der Waals surface area contributed by atoms with E-state index in [0.29, 0.717) is 6.42 Å². The van der Waals surface area contributed by atoms with E-state index in [1.807, 2.05) is 12.2 Å². The Bertz CT molecular complexity index is 300. The molecule has 2 aliphatic rings. The molecule has 0 aliphatic carbocycles. The minimum absolute atomic E-state index is 0.0992. The van der Waals surface area contributed by atoms with Gasteiger partial charge >= 0.3 is 0 Å². The molecular weight excluding hydrogens is 152 g/mol. The lowest BCUT2D eigenvalue weighted by molar-refractivity contribution is -0.120. The third-order valence-corrected chi connectivity index (χ3v) is 1.97. The van der Waals surface area contributed by atoms with Gasteiger partial charge in [0.1, 0.15) is 0 Å². The summed E-state index contributed by atoms with van der Waals surface area (Å²) in [4.78, 5) is 15.2. The maximum Gasteiger partial charge on any atom is 0.224 e. The van der Waals surface area contributed by atoms with Crippen molar-refractivity contribution >= 4 is 11.6 Å². The minimum Gasteiger partial charge on any atom is -0.325 e. The summed E-state index contributed by atoms with van der Waals surface area (Å²) in [5.41, 5.74) is 1.90. The highest BCUT2D eigenvalue weighted by molar-refractivity contribution is 6.07. The Morgan fingerprint density at radius 2 is 2.33 bits per heavy atom. The second-order valence-electron chi connectivity index (χ2n) is 2.86. The van der Waals surface area contributed by atoms with Gasteiger partial charge in [0.25, 0.3) is 0 Å². The molecule has 0 aromatic heterocycles. The van der Waals surface area contributed by atoms with Gasteiger partial charge in [-0.05, 0) is 6.42 Å². The molecule has 1 N–H and O–H groups in total. The predicted octanol–water partition coefficient (Wildman–Crippen LogP) is 1.14. The average Bonchev–Trinajstić information content (AvgIpc) is 2.28. The largest absolute Gasteiger partial charge is 0.325 e. The average molecular weight is 162 g/mol. The standard InChI is InChI=1S/C9H10N2O/c12-9-5-4-7-8(11-9)3-1-2-6-10-7/h2-3,6H,1,4-5H2,(H,11,12). The van der Waals surface area contributed by atoms with Crippen molar-refractivity contribution in [2.45, 2.75) is 19.3 Å². The number of carbonyl (C=O) groups excluding carboxylic acids is 1. The number of fused-ring (bicyclic) bond motifs is 1. The molecule has 62 valence electrons. The molecule has 0 bridgehead atoms. The number of piperidine rings is 1. The zero-order chi connectivity index (χ0) is 8.39. The first-order valence-corrected chi connectivity index (χ1v) is 4.08. The Morgan fingerprint density at radius 3 is 3.25 bits per heavy atom. The molecule has 2 heterocycles. The van der Waals surface area contributed by atoms with Crippen LogP contribution in [0.4, 0.5) is 0 Å². The fourth-order valence-corrected chi connectivity index (χ4v) is 1.34. The summed E-state index contributed by atoms with van der Waals surface area (Å²) in [5.74, 6) is 0.0992. The summed E-state index contributed by atoms with van der Waals surface area (Å²) in [5, 5.41) is 2.81. The molecule has 0 aromatic rings. The monoisotopic (exact) mass is 162 g/mol. The first-order valence-electron chi connectivity index (χ1n) is 4.08. The first kappa shape index (κ1) is 7.28. The topological polar surface area (TPSA) is 41.5 Å². The van der Waals surface area contributed by atoms with Crippen LogP contribution in [0, 0.1) is 0 Å².